The fraction of sp³-hybridized carbons (Fsp3) is 0.348. The number of carboxylic acid groups (broad SMARTS) is 1. The number of halogens is 1. The lowest BCUT2D eigenvalue weighted by Crippen LogP contribution is -2.53. The quantitative estimate of drug-likeness (QED) is 0.621. The van der Waals surface area contributed by atoms with Crippen LogP contribution in [0.4, 0.5) is 16.2 Å². The van der Waals surface area contributed by atoms with Crippen molar-refractivity contribution in [3.05, 3.63) is 53.1 Å². The molecule has 2 aromatic rings. The number of benzene rings is 2. The summed E-state index contributed by atoms with van der Waals surface area (Å²) < 4.78 is 11.8. The van der Waals surface area contributed by atoms with Crippen molar-refractivity contribution in [1.29, 1.82) is 0 Å². The van der Waals surface area contributed by atoms with Crippen molar-refractivity contribution in [1.82, 2.24) is 4.90 Å². The number of nitrogens with one attached hydrogen (secondary N) is 2. The number of nitrogens with zero attached hydrogens (tertiary/aromatic N) is 1. The van der Waals surface area contributed by atoms with Crippen LogP contribution in [0.3, 0.4) is 0 Å². The number of carboxylic acids is 1. The Morgan fingerprint density at radius 1 is 1.15 bits per heavy atom. The van der Waals surface area contributed by atoms with Crippen molar-refractivity contribution in [3.63, 3.8) is 0 Å². The topological polar surface area (TPSA) is 117 Å². The summed E-state index contributed by atoms with van der Waals surface area (Å²) in [4.78, 5) is 38.2. The molecule has 0 bridgehead atoms. The third kappa shape index (κ3) is 5.37. The number of carbonyl (C=O) groups excluding carboxylic acids is 2. The number of ether oxygens (including phenoxy) is 2. The zero-order valence-electron chi connectivity index (χ0n) is 17.9. The second-order valence-corrected chi connectivity index (χ2v) is 8.50. The van der Waals surface area contributed by atoms with E-state index in [2.05, 4.69) is 10.6 Å². The van der Waals surface area contributed by atoms with E-state index in [1.165, 1.54) is 0 Å². The molecule has 10 heteroatoms. The molecule has 0 radical (unpaired) electrons. The highest BCUT2D eigenvalue weighted by atomic mass is 35.5. The summed E-state index contributed by atoms with van der Waals surface area (Å²) in [6.07, 6.45) is 0.252. The molecule has 0 spiro atoms. The van der Waals surface area contributed by atoms with E-state index >= 15 is 0 Å². The third-order valence-electron chi connectivity index (χ3n) is 5.75. The molecule has 174 valence electrons. The Balaban J connectivity index is 1.48. The minimum absolute atomic E-state index is 0.0796. The number of fused-ring (bicyclic) bond motifs is 2. The summed E-state index contributed by atoms with van der Waals surface area (Å²) in [5, 5.41) is 15.0. The first-order chi connectivity index (χ1) is 15.8. The van der Waals surface area contributed by atoms with E-state index in [1.54, 1.807) is 54.4 Å². The average molecular weight is 474 g/mol. The van der Waals surface area contributed by atoms with Crippen LogP contribution in [0.15, 0.2) is 42.5 Å². The largest absolute Gasteiger partial charge is 0.490 e. The van der Waals surface area contributed by atoms with Crippen molar-refractivity contribution in [2.24, 2.45) is 0 Å². The van der Waals surface area contributed by atoms with E-state index in [9.17, 15) is 14.4 Å². The lowest BCUT2D eigenvalue weighted by atomic mass is 9.94. The Kier molecular flexibility index (Phi) is 6.71. The minimum atomic E-state index is -0.917. The molecule has 2 aliphatic rings. The zero-order chi connectivity index (χ0) is 23.5. The van der Waals surface area contributed by atoms with Crippen molar-refractivity contribution in [2.75, 3.05) is 24.3 Å². The standard InChI is InChI=1S/C23H24ClN3O6/c1-27-18-7-6-16(11-21(28)29)33-20(18)12-32-19-8-5-15(10-17(19)22(27)30)26-23(31)25-14-4-2-3-13(24)9-14/h2-5,8-10,16,18,20H,6-7,11-12H2,1H3,(H,28,29)(H2,25,26,31)/t16-,18+,20-/m0/s1. The van der Waals surface area contributed by atoms with Gasteiger partial charge in [-0.3, -0.25) is 9.59 Å². The van der Waals surface area contributed by atoms with Crippen molar-refractivity contribution >= 4 is 40.9 Å². The van der Waals surface area contributed by atoms with Gasteiger partial charge in [0.05, 0.1) is 24.1 Å². The van der Waals surface area contributed by atoms with Gasteiger partial charge in [0.25, 0.3) is 5.91 Å². The average Bonchev–Trinajstić information content (AvgIpc) is 2.76. The Morgan fingerprint density at radius 2 is 1.91 bits per heavy atom. The van der Waals surface area contributed by atoms with Crippen LogP contribution in [-0.2, 0) is 9.53 Å². The summed E-state index contributed by atoms with van der Waals surface area (Å²) >= 11 is 5.94. The molecule has 1 fully saturated rings. The first-order valence-electron chi connectivity index (χ1n) is 10.5. The lowest BCUT2D eigenvalue weighted by molar-refractivity contribution is -0.148. The SMILES string of the molecule is CN1C(=O)c2cc(NC(=O)Nc3cccc(Cl)c3)ccc2OC[C@@H]2O[C@H](CC(=O)O)CC[C@H]21. The van der Waals surface area contributed by atoms with Gasteiger partial charge in [-0.15, -0.1) is 0 Å². The van der Waals surface area contributed by atoms with Crippen molar-refractivity contribution < 1.29 is 29.0 Å². The fourth-order valence-corrected chi connectivity index (χ4v) is 4.35. The molecule has 1 saturated heterocycles. The van der Waals surface area contributed by atoms with Gasteiger partial charge in [-0.05, 0) is 49.2 Å². The second kappa shape index (κ2) is 9.68. The highest BCUT2D eigenvalue weighted by Crippen LogP contribution is 2.32. The summed E-state index contributed by atoms with van der Waals surface area (Å²) in [6.45, 7) is 0.188. The number of anilines is 2. The third-order valence-corrected chi connectivity index (χ3v) is 5.99. The van der Waals surface area contributed by atoms with Crippen molar-refractivity contribution in [3.8, 4) is 5.75 Å². The van der Waals surface area contributed by atoms with Crippen LogP contribution in [0.5, 0.6) is 5.75 Å². The van der Waals surface area contributed by atoms with Gasteiger partial charge < -0.3 is 30.1 Å². The number of urea groups is 1. The first-order valence-corrected chi connectivity index (χ1v) is 10.9. The first kappa shape index (κ1) is 22.9. The molecule has 3 atom stereocenters. The molecule has 33 heavy (non-hydrogen) atoms. The minimum Gasteiger partial charge on any atom is -0.490 e. The summed E-state index contributed by atoms with van der Waals surface area (Å²) in [5.74, 6) is -0.812. The van der Waals surface area contributed by atoms with Crippen LogP contribution in [0.25, 0.3) is 0 Å². The molecule has 0 unspecified atom stereocenters. The van der Waals surface area contributed by atoms with E-state index in [0.717, 1.165) is 0 Å². The molecule has 0 aliphatic carbocycles. The highest BCUT2D eigenvalue weighted by Gasteiger charge is 2.39. The van der Waals surface area contributed by atoms with Gasteiger partial charge in [-0.25, -0.2) is 4.79 Å². The Morgan fingerprint density at radius 3 is 2.64 bits per heavy atom. The molecule has 2 aromatic carbocycles. The van der Waals surface area contributed by atoms with Gasteiger partial charge in [0, 0.05) is 23.4 Å². The van der Waals surface area contributed by atoms with Crippen molar-refractivity contribution in [2.45, 2.75) is 37.5 Å². The Labute approximate surface area is 195 Å². The molecular weight excluding hydrogens is 450 g/mol. The normalized spacial score (nSPS) is 22.2. The maximum absolute atomic E-state index is 13.2. The van der Waals surface area contributed by atoms with Crippen LogP contribution in [-0.4, -0.2) is 59.8 Å². The fourth-order valence-electron chi connectivity index (χ4n) is 4.16. The number of aliphatic carboxylic acids is 1. The molecule has 0 saturated carbocycles. The van der Waals surface area contributed by atoms with Gasteiger partial charge in [0.2, 0.25) is 0 Å². The molecule has 3 N–H and O–H groups in total. The molecule has 2 aliphatic heterocycles. The van der Waals surface area contributed by atoms with Gasteiger partial charge in [-0.1, -0.05) is 17.7 Å². The van der Waals surface area contributed by atoms with Crippen LogP contribution in [0.2, 0.25) is 5.02 Å². The number of rotatable bonds is 4. The summed E-state index contributed by atoms with van der Waals surface area (Å²) in [5.41, 5.74) is 1.29. The number of hydrogen-bond donors (Lipinski definition) is 3. The van der Waals surface area contributed by atoms with Crippen LogP contribution < -0.4 is 15.4 Å². The van der Waals surface area contributed by atoms with Gasteiger partial charge in [0.1, 0.15) is 18.5 Å². The van der Waals surface area contributed by atoms with E-state index < -0.39 is 24.2 Å². The van der Waals surface area contributed by atoms with Gasteiger partial charge in [-0.2, -0.15) is 0 Å². The maximum atomic E-state index is 13.2. The Hall–Kier alpha value is -3.30. The van der Waals surface area contributed by atoms with Crippen LogP contribution in [0.1, 0.15) is 29.6 Å². The summed E-state index contributed by atoms with van der Waals surface area (Å²) in [7, 11) is 1.70. The summed E-state index contributed by atoms with van der Waals surface area (Å²) in [6, 6.07) is 10.9. The predicted octanol–water partition coefficient (Wildman–Crippen LogP) is 3.84. The molecule has 9 nitrogen and oxygen atoms in total. The lowest BCUT2D eigenvalue weighted by Gasteiger charge is -2.42. The van der Waals surface area contributed by atoms with E-state index in [-0.39, 0.29) is 25.0 Å². The van der Waals surface area contributed by atoms with E-state index in [1.807, 2.05) is 0 Å². The van der Waals surface area contributed by atoms with Crippen LogP contribution in [0, 0.1) is 0 Å². The molecule has 3 amide bonds. The maximum Gasteiger partial charge on any atom is 0.323 e. The van der Waals surface area contributed by atoms with Gasteiger partial charge >= 0.3 is 12.0 Å². The monoisotopic (exact) mass is 473 g/mol. The molecule has 4 rings (SSSR count). The molecule has 0 aromatic heterocycles. The van der Waals surface area contributed by atoms with E-state index in [0.29, 0.717) is 40.6 Å². The zero-order valence-corrected chi connectivity index (χ0v) is 18.7. The second-order valence-electron chi connectivity index (χ2n) is 8.07. The smallest absolute Gasteiger partial charge is 0.323 e. The number of carbonyl (C=O) groups is 3. The number of hydrogen-bond acceptors (Lipinski definition) is 5. The highest BCUT2D eigenvalue weighted by molar-refractivity contribution is 6.30. The Bertz CT molecular complexity index is 1080. The van der Waals surface area contributed by atoms with Gasteiger partial charge in [0.15, 0.2) is 0 Å². The number of likely N-dealkylation sites (N-methyl/N-ethyl adjacent to an activating group) is 1. The van der Waals surface area contributed by atoms with E-state index in [4.69, 9.17) is 26.2 Å². The predicted molar refractivity (Wildman–Crippen MR) is 122 cm³/mol. The molecule has 2 heterocycles. The number of amides is 3. The van der Waals surface area contributed by atoms with Crippen LogP contribution >= 0.6 is 11.6 Å². The molecular formula is C23H24ClN3O6.